The summed E-state index contributed by atoms with van der Waals surface area (Å²) in [5.74, 6) is -0.820. The Bertz CT molecular complexity index is 923. The van der Waals surface area contributed by atoms with Crippen LogP contribution in [0.4, 0.5) is 0 Å². The number of methoxy groups -OCH3 is 1. The van der Waals surface area contributed by atoms with Gasteiger partial charge in [-0.05, 0) is 49.7 Å². The molecule has 144 valence electrons. The van der Waals surface area contributed by atoms with Crippen LogP contribution in [0.25, 0.3) is 0 Å². The van der Waals surface area contributed by atoms with Crippen molar-refractivity contribution in [1.82, 2.24) is 10.0 Å². The smallest absolute Gasteiger partial charge is 0.268 e. The number of ether oxygens (including phenoxy) is 1. The van der Waals surface area contributed by atoms with E-state index in [1.807, 2.05) is 18.6 Å². The Kier molecular flexibility index (Phi) is 6.57. The molecule has 7 nitrogen and oxygen atoms in total. The number of para-hydroxylation sites is 1. The van der Waals surface area contributed by atoms with Crippen molar-refractivity contribution in [3.63, 3.8) is 0 Å². The molecule has 0 aliphatic rings. The summed E-state index contributed by atoms with van der Waals surface area (Å²) < 4.78 is 32.0. The van der Waals surface area contributed by atoms with Crippen LogP contribution in [0, 0.1) is 0 Å². The van der Waals surface area contributed by atoms with Gasteiger partial charge in [0.1, 0.15) is 5.75 Å². The second kappa shape index (κ2) is 8.68. The van der Waals surface area contributed by atoms with Crippen LogP contribution in [-0.2, 0) is 10.0 Å². The van der Waals surface area contributed by atoms with Crippen molar-refractivity contribution in [2.45, 2.75) is 31.2 Å². The molecule has 1 atom stereocenters. The zero-order valence-corrected chi connectivity index (χ0v) is 16.2. The van der Waals surface area contributed by atoms with Crippen LogP contribution >= 0.6 is 0 Å². The van der Waals surface area contributed by atoms with Crippen LogP contribution in [-0.4, -0.2) is 33.4 Å². The van der Waals surface area contributed by atoms with Crippen molar-refractivity contribution in [2.75, 3.05) is 7.11 Å². The van der Waals surface area contributed by atoms with E-state index < -0.39 is 15.9 Å². The zero-order chi connectivity index (χ0) is 20.0. The van der Waals surface area contributed by atoms with Crippen molar-refractivity contribution < 1.29 is 22.7 Å². The summed E-state index contributed by atoms with van der Waals surface area (Å²) >= 11 is 0. The predicted molar refractivity (Wildman–Crippen MR) is 101 cm³/mol. The van der Waals surface area contributed by atoms with Gasteiger partial charge in [-0.25, -0.2) is 13.1 Å². The number of carbonyl (C=O) groups excluding carboxylic acids is 2. The van der Waals surface area contributed by atoms with Gasteiger partial charge in [0.25, 0.3) is 21.8 Å². The van der Waals surface area contributed by atoms with E-state index in [0.717, 1.165) is 6.42 Å². The van der Waals surface area contributed by atoms with E-state index in [9.17, 15) is 18.0 Å². The van der Waals surface area contributed by atoms with Crippen LogP contribution in [0.5, 0.6) is 5.75 Å². The van der Waals surface area contributed by atoms with Gasteiger partial charge in [0.2, 0.25) is 0 Å². The lowest BCUT2D eigenvalue weighted by molar-refractivity contribution is 0.0937. The molecular formula is C19H22N2O5S. The minimum Gasteiger partial charge on any atom is -0.496 e. The molecule has 8 heteroatoms. The molecular weight excluding hydrogens is 368 g/mol. The molecule has 0 bridgehead atoms. The number of hydrogen-bond acceptors (Lipinski definition) is 5. The molecule has 2 aromatic carbocycles. The summed E-state index contributed by atoms with van der Waals surface area (Å²) in [4.78, 5) is 24.3. The van der Waals surface area contributed by atoms with Gasteiger partial charge in [0.15, 0.2) is 0 Å². The number of hydrogen-bond donors (Lipinski definition) is 2. The van der Waals surface area contributed by atoms with Gasteiger partial charge in [-0.3, -0.25) is 9.59 Å². The SMILES string of the molecule is CCC(C)NC(=O)c1ccc(S(=O)(=O)NC(=O)c2ccccc2OC)cc1. The molecule has 0 aliphatic carbocycles. The zero-order valence-electron chi connectivity index (χ0n) is 15.4. The van der Waals surface area contributed by atoms with E-state index in [2.05, 4.69) is 5.32 Å². The summed E-state index contributed by atoms with van der Waals surface area (Å²) in [5, 5.41) is 2.80. The van der Waals surface area contributed by atoms with Crippen molar-refractivity contribution in [1.29, 1.82) is 0 Å². The first-order chi connectivity index (χ1) is 12.8. The van der Waals surface area contributed by atoms with E-state index >= 15 is 0 Å². The van der Waals surface area contributed by atoms with Gasteiger partial charge in [0.05, 0.1) is 17.6 Å². The summed E-state index contributed by atoms with van der Waals surface area (Å²) in [5.41, 5.74) is 0.443. The van der Waals surface area contributed by atoms with Gasteiger partial charge in [-0.2, -0.15) is 0 Å². The van der Waals surface area contributed by atoms with Crippen molar-refractivity contribution in [3.8, 4) is 5.75 Å². The van der Waals surface area contributed by atoms with Crippen LogP contribution < -0.4 is 14.8 Å². The van der Waals surface area contributed by atoms with Crippen LogP contribution in [0.3, 0.4) is 0 Å². The maximum absolute atomic E-state index is 12.4. The first-order valence-corrected chi connectivity index (χ1v) is 9.88. The number of nitrogens with one attached hydrogen (secondary N) is 2. The van der Waals surface area contributed by atoms with Crippen molar-refractivity contribution in [2.24, 2.45) is 0 Å². The standard InChI is InChI=1S/C19H22N2O5S/c1-4-13(2)20-18(22)14-9-11-15(12-10-14)27(24,25)21-19(23)16-7-5-6-8-17(16)26-3/h5-13H,4H2,1-3H3,(H,20,22)(H,21,23). The Hall–Kier alpha value is -2.87. The molecule has 2 aromatic rings. The minimum absolute atomic E-state index is 0.0149. The Morgan fingerprint density at radius 3 is 2.26 bits per heavy atom. The van der Waals surface area contributed by atoms with Gasteiger partial charge >= 0.3 is 0 Å². The highest BCUT2D eigenvalue weighted by Crippen LogP contribution is 2.18. The predicted octanol–water partition coefficient (Wildman–Crippen LogP) is 2.34. The fraction of sp³-hybridized carbons (Fsp3) is 0.263. The highest BCUT2D eigenvalue weighted by Gasteiger charge is 2.21. The number of benzene rings is 2. The third-order valence-corrected chi connectivity index (χ3v) is 5.34. The fourth-order valence-corrected chi connectivity index (χ4v) is 3.23. The molecule has 2 N–H and O–H groups in total. The van der Waals surface area contributed by atoms with E-state index in [4.69, 9.17) is 4.74 Å². The molecule has 2 rings (SSSR count). The fourth-order valence-electron chi connectivity index (χ4n) is 2.26. The molecule has 0 radical (unpaired) electrons. The lowest BCUT2D eigenvalue weighted by Crippen LogP contribution is -2.32. The molecule has 0 saturated heterocycles. The number of sulfonamides is 1. The van der Waals surface area contributed by atoms with Crippen LogP contribution in [0.15, 0.2) is 53.4 Å². The van der Waals surface area contributed by atoms with E-state index in [1.165, 1.54) is 37.4 Å². The van der Waals surface area contributed by atoms with Gasteiger partial charge in [0, 0.05) is 11.6 Å². The first-order valence-electron chi connectivity index (χ1n) is 8.39. The monoisotopic (exact) mass is 390 g/mol. The second-order valence-corrected chi connectivity index (χ2v) is 7.62. The van der Waals surface area contributed by atoms with Crippen LogP contribution in [0.1, 0.15) is 41.0 Å². The Labute approximate surface area is 158 Å². The molecule has 1 unspecified atom stereocenters. The lowest BCUT2D eigenvalue weighted by Gasteiger charge is -2.12. The molecule has 0 fully saturated rings. The summed E-state index contributed by atoms with van der Waals surface area (Å²) in [7, 11) is -2.70. The molecule has 0 aliphatic heterocycles. The van der Waals surface area contributed by atoms with E-state index in [1.54, 1.807) is 18.2 Å². The number of carbonyl (C=O) groups is 2. The summed E-state index contributed by atoms with van der Waals surface area (Å²) in [6.45, 7) is 3.83. The average Bonchev–Trinajstić information content (AvgIpc) is 2.67. The third-order valence-electron chi connectivity index (χ3n) is 4.00. The maximum Gasteiger partial charge on any atom is 0.268 e. The van der Waals surface area contributed by atoms with Gasteiger partial charge in [-0.15, -0.1) is 0 Å². The largest absolute Gasteiger partial charge is 0.496 e. The highest BCUT2D eigenvalue weighted by atomic mass is 32.2. The second-order valence-electron chi connectivity index (χ2n) is 5.94. The van der Waals surface area contributed by atoms with Gasteiger partial charge in [-0.1, -0.05) is 19.1 Å². The summed E-state index contributed by atoms with van der Waals surface area (Å²) in [6, 6.07) is 11.7. The van der Waals surface area contributed by atoms with E-state index in [-0.39, 0.29) is 28.2 Å². The molecule has 0 aromatic heterocycles. The number of rotatable bonds is 7. The van der Waals surface area contributed by atoms with E-state index in [0.29, 0.717) is 5.56 Å². The molecule has 0 heterocycles. The Balaban J connectivity index is 2.17. The Morgan fingerprint density at radius 1 is 1.04 bits per heavy atom. The molecule has 2 amide bonds. The van der Waals surface area contributed by atoms with Gasteiger partial charge < -0.3 is 10.1 Å². The van der Waals surface area contributed by atoms with Crippen LogP contribution in [0.2, 0.25) is 0 Å². The number of amides is 2. The first kappa shape index (κ1) is 20.4. The minimum atomic E-state index is -4.09. The lowest BCUT2D eigenvalue weighted by atomic mass is 10.2. The third kappa shape index (κ3) is 5.07. The topological polar surface area (TPSA) is 102 Å². The molecule has 0 saturated carbocycles. The average molecular weight is 390 g/mol. The van der Waals surface area contributed by atoms with Crippen molar-refractivity contribution >= 4 is 21.8 Å². The molecule has 27 heavy (non-hydrogen) atoms. The maximum atomic E-state index is 12.4. The molecule has 0 spiro atoms. The summed E-state index contributed by atoms with van der Waals surface area (Å²) in [6.07, 6.45) is 0.785. The van der Waals surface area contributed by atoms with Crippen molar-refractivity contribution in [3.05, 3.63) is 59.7 Å². The Morgan fingerprint density at radius 2 is 1.67 bits per heavy atom. The highest BCUT2D eigenvalue weighted by molar-refractivity contribution is 7.90. The quantitative estimate of drug-likeness (QED) is 0.756. The normalized spacial score (nSPS) is 12.1.